The van der Waals surface area contributed by atoms with E-state index >= 15 is 0 Å². The van der Waals surface area contributed by atoms with Crippen molar-refractivity contribution in [2.75, 3.05) is 61.5 Å². The first-order valence-corrected chi connectivity index (χ1v) is 21.2. The number of ether oxygens (including phenoxy) is 2. The molecular formula is C48H61FN6O7. The zero-order valence-electron chi connectivity index (χ0n) is 37.3. The number of carbonyl (C=O) groups is 4. The van der Waals surface area contributed by atoms with E-state index in [0.717, 1.165) is 37.9 Å². The number of carboxylic acid groups (broad SMARTS) is 1. The Balaban J connectivity index is 1.35. The van der Waals surface area contributed by atoms with E-state index in [1.807, 2.05) is 33.0 Å². The van der Waals surface area contributed by atoms with E-state index in [0.29, 0.717) is 77.0 Å². The Bertz CT molecular complexity index is 2230. The van der Waals surface area contributed by atoms with E-state index in [9.17, 15) is 28.7 Å². The number of nitrogens with one attached hydrogen (secondary N) is 1. The summed E-state index contributed by atoms with van der Waals surface area (Å²) >= 11 is 0. The molecule has 2 unspecified atom stereocenters. The lowest BCUT2D eigenvalue weighted by atomic mass is 9.72. The van der Waals surface area contributed by atoms with E-state index < -0.39 is 17.4 Å². The molecule has 332 valence electrons. The number of rotatable bonds is 19. The first kappa shape index (κ1) is 47.0. The number of benzene rings is 3. The molecule has 0 radical (unpaired) electrons. The molecule has 1 aliphatic rings. The van der Waals surface area contributed by atoms with Crippen LogP contribution in [0.2, 0.25) is 0 Å². The minimum Gasteiger partial charge on any atom is -0.496 e. The monoisotopic (exact) mass is 852 g/mol. The van der Waals surface area contributed by atoms with Crippen molar-refractivity contribution in [2.24, 2.45) is 5.92 Å². The highest BCUT2D eigenvalue weighted by molar-refractivity contribution is 5.99. The Morgan fingerprint density at radius 3 is 2.02 bits per heavy atom. The molecule has 1 aromatic heterocycles. The van der Waals surface area contributed by atoms with Gasteiger partial charge < -0.3 is 34.6 Å². The van der Waals surface area contributed by atoms with Gasteiger partial charge in [0.2, 0.25) is 0 Å². The van der Waals surface area contributed by atoms with Gasteiger partial charge in [-0.2, -0.15) is 5.10 Å². The first-order valence-electron chi connectivity index (χ1n) is 21.2. The molecule has 5 rings (SSSR count). The lowest BCUT2D eigenvalue weighted by Crippen LogP contribution is -2.57. The first-order chi connectivity index (χ1) is 29.5. The van der Waals surface area contributed by atoms with Crippen LogP contribution >= 0.6 is 0 Å². The van der Waals surface area contributed by atoms with Gasteiger partial charge in [0, 0.05) is 38.3 Å². The van der Waals surface area contributed by atoms with Crippen LogP contribution in [0.4, 0.5) is 4.39 Å². The van der Waals surface area contributed by atoms with Crippen molar-refractivity contribution in [1.82, 2.24) is 29.8 Å². The second kappa shape index (κ2) is 20.7. The highest BCUT2D eigenvalue weighted by atomic mass is 19.1. The van der Waals surface area contributed by atoms with E-state index in [1.165, 1.54) is 38.5 Å². The molecule has 0 spiro atoms. The second-order valence-electron chi connectivity index (χ2n) is 16.5. The lowest BCUT2D eigenvalue weighted by molar-refractivity contribution is -0.143. The number of hydrogen-bond donors (Lipinski definition) is 2. The maximum absolute atomic E-state index is 14.2. The predicted octanol–water partition coefficient (Wildman–Crippen LogP) is 7.69. The number of methoxy groups -OCH3 is 2. The summed E-state index contributed by atoms with van der Waals surface area (Å²) in [6.07, 6.45) is 3.74. The number of carbonyl (C=O) groups excluding carboxylic acids is 3. The van der Waals surface area contributed by atoms with Crippen molar-refractivity contribution in [3.63, 3.8) is 0 Å². The fourth-order valence-electron chi connectivity index (χ4n) is 8.10. The molecule has 1 heterocycles. The van der Waals surface area contributed by atoms with Gasteiger partial charge >= 0.3 is 5.97 Å². The minimum atomic E-state index is -1.63. The molecule has 3 aromatic carbocycles. The number of aliphatic carboxylic acids is 1. The molecule has 13 nitrogen and oxygen atoms in total. The third-order valence-electron chi connectivity index (χ3n) is 11.9. The highest BCUT2D eigenvalue weighted by Crippen LogP contribution is 2.41. The molecule has 1 fully saturated rings. The summed E-state index contributed by atoms with van der Waals surface area (Å²) in [5.74, 6) is -1.34. The quantitative estimate of drug-likeness (QED) is 0.0907. The molecule has 0 aliphatic heterocycles. The molecule has 2 atom stereocenters. The van der Waals surface area contributed by atoms with Crippen molar-refractivity contribution in [2.45, 2.75) is 70.8 Å². The average molecular weight is 853 g/mol. The number of halogens is 1. The standard InChI is InChI=1S/C48H61FN6O7/c1-10-33-22-23-48(47(59)60,32(4)28-33)50-44(56)38-30-40(43-41(61-8)14-11-15-42(43)62-9)55(51-38)39-21-18-35(29-37(39)31(2)3)46(58)54(7)27-13-25-52(5)24-12-26-53(6)45(57)34-16-19-36(49)20-17-34/h11,14-21,29-31,33H,4,10,12-13,22-28H2,1-3,5-9H3,(H,50,56)(H,59,60). The maximum atomic E-state index is 14.2. The summed E-state index contributed by atoms with van der Waals surface area (Å²) in [5, 5.41) is 18.1. The number of amides is 3. The van der Waals surface area contributed by atoms with Gasteiger partial charge in [-0.25, -0.2) is 13.9 Å². The fraction of sp³-hybridized carbons (Fsp3) is 0.438. The van der Waals surface area contributed by atoms with Gasteiger partial charge in [-0.1, -0.05) is 39.8 Å². The van der Waals surface area contributed by atoms with E-state index in [2.05, 4.69) is 23.7 Å². The van der Waals surface area contributed by atoms with Crippen LogP contribution in [0.1, 0.15) is 102 Å². The van der Waals surface area contributed by atoms with Crippen LogP contribution < -0.4 is 14.8 Å². The van der Waals surface area contributed by atoms with E-state index in [4.69, 9.17) is 14.6 Å². The Morgan fingerprint density at radius 2 is 1.48 bits per heavy atom. The molecule has 0 bridgehead atoms. The molecule has 2 N–H and O–H groups in total. The molecule has 62 heavy (non-hydrogen) atoms. The number of nitrogens with zero attached hydrogens (tertiary/aromatic N) is 5. The van der Waals surface area contributed by atoms with Crippen molar-refractivity contribution in [3.8, 4) is 28.4 Å². The summed E-state index contributed by atoms with van der Waals surface area (Å²) < 4.78 is 26.5. The summed E-state index contributed by atoms with van der Waals surface area (Å²) in [6, 6.07) is 17.9. The fourth-order valence-corrected chi connectivity index (χ4v) is 8.10. The van der Waals surface area contributed by atoms with Gasteiger partial charge in [-0.3, -0.25) is 14.4 Å². The predicted molar refractivity (Wildman–Crippen MR) is 238 cm³/mol. The highest BCUT2D eigenvalue weighted by Gasteiger charge is 2.46. The Hall–Kier alpha value is -6.02. The number of aromatic nitrogens is 2. The van der Waals surface area contributed by atoms with E-state index in [1.54, 1.807) is 58.9 Å². The van der Waals surface area contributed by atoms with Gasteiger partial charge in [-0.05, 0) is 136 Å². The maximum Gasteiger partial charge on any atom is 0.333 e. The third kappa shape index (κ3) is 10.5. The molecule has 1 aliphatic carbocycles. The Labute approximate surface area is 364 Å². The van der Waals surface area contributed by atoms with Gasteiger partial charge in [0.15, 0.2) is 11.2 Å². The SMILES string of the molecule is C=C1CC(CC)CCC1(NC(=O)c1cc(-c2c(OC)cccc2OC)n(-c2ccc(C(=O)N(C)CCCN(C)CCCN(C)C(=O)c3ccc(F)cc3)cc2C(C)C)n1)C(=O)O. The summed E-state index contributed by atoms with van der Waals surface area (Å²) in [7, 11) is 8.60. The molecule has 3 amide bonds. The van der Waals surface area contributed by atoms with Gasteiger partial charge in [0.25, 0.3) is 17.7 Å². The zero-order valence-corrected chi connectivity index (χ0v) is 37.3. The molecular weight excluding hydrogens is 792 g/mol. The largest absolute Gasteiger partial charge is 0.496 e. The lowest BCUT2D eigenvalue weighted by Gasteiger charge is -2.39. The molecule has 4 aromatic rings. The van der Waals surface area contributed by atoms with Crippen LogP contribution in [0, 0.1) is 11.7 Å². The van der Waals surface area contributed by atoms with Crippen LogP contribution in [-0.4, -0.2) is 120 Å². The topological polar surface area (TPSA) is 147 Å². The van der Waals surface area contributed by atoms with Crippen molar-refractivity contribution in [1.29, 1.82) is 0 Å². The van der Waals surface area contributed by atoms with Crippen LogP contribution in [0.25, 0.3) is 16.9 Å². The normalized spacial score (nSPS) is 16.3. The van der Waals surface area contributed by atoms with Crippen molar-refractivity contribution in [3.05, 3.63) is 107 Å². The summed E-state index contributed by atoms with van der Waals surface area (Å²) in [5.41, 5.74) is 2.18. The van der Waals surface area contributed by atoms with E-state index in [-0.39, 0.29) is 35.7 Å². The average Bonchev–Trinajstić information content (AvgIpc) is 3.71. The van der Waals surface area contributed by atoms with Crippen LogP contribution in [-0.2, 0) is 4.79 Å². The zero-order chi connectivity index (χ0) is 45.3. The van der Waals surface area contributed by atoms with Crippen LogP contribution in [0.15, 0.2) is 78.9 Å². The number of carboxylic acids is 1. The third-order valence-corrected chi connectivity index (χ3v) is 11.9. The summed E-state index contributed by atoms with van der Waals surface area (Å²) in [6.45, 7) is 12.8. The molecule has 1 saturated carbocycles. The van der Waals surface area contributed by atoms with Gasteiger partial charge in [0.05, 0.1) is 31.2 Å². The summed E-state index contributed by atoms with van der Waals surface area (Å²) in [4.78, 5) is 59.0. The Kier molecular flexibility index (Phi) is 15.7. The van der Waals surface area contributed by atoms with Crippen LogP contribution in [0.3, 0.4) is 0 Å². The Morgan fingerprint density at radius 1 is 0.903 bits per heavy atom. The van der Waals surface area contributed by atoms with Crippen molar-refractivity contribution >= 4 is 23.7 Å². The molecule has 14 heteroatoms. The van der Waals surface area contributed by atoms with Crippen molar-refractivity contribution < 1.29 is 38.1 Å². The number of hydrogen-bond acceptors (Lipinski definition) is 8. The molecule has 0 saturated heterocycles. The van der Waals surface area contributed by atoms with Crippen LogP contribution in [0.5, 0.6) is 11.5 Å². The second-order valence-corrected chi connectivity index (χ2v) is 16.5. The minimum absolute atomic E-state index is 0.0101. The smallest absolute Gasteiger partial charge is 0.333 e. The van der Waals surface area contributed by atoms with Gasteiger partial charge in [-0.15, -0.1) is 0 Å². The van der Waals surface area contributed by atoms with Gasteiger partial charge in [0.1, 0.15) is 17.3 Å².